The van der Waals surface area contributed by atoms with Gasteiger partial charge in [-0.05, 0) is 25.2 Å². The van der Waals surface area contributed by atoms with Gasteiger partial charge in [0.2, 0.25) is 0 Å². The normalized spacial score (nSPS) is 11.6. The van der Waals surface area contributed by atoms with Gasteiger partial charge in [-0.15, -0.1) is 0 Å². The number of rotatable bonds is 1. The highest BCUT2D eigenvalue weighted by Gasteiger charge is 2.31. The first-order valence-corrected chi connectivity index (χ1v) is 3.59. The Hall–Kier alpha value is -1.30. The van der Waals surface area contributed by atoms with Gasteiger partial charge in [0.05, 0.1) is 5.56 Å². The van der Waals surface area contributed by atoms with Crippen LogP contribution in [0.2, 0.25) is 0 Å². The third-order valence-electron chi connectivity index (χ3n) is 1.57. The smallest absolute Gasteiger partial charge is 0.416 e. The van der Waals surface area contributed by atoms with Crippen molar-refractivity contribution in [3.8, 4) is 0 Å². The topological polar surface area (TPSA) is 26.3 Å². The molecule has 14 heavy (non-hydrogen) atoms. The molecule has 0 spiro atoms. The van der Waals surface area contributed by atoms with Crippen LogP contribution in [0.5, 0.6) is 0 Å². The van der Waals surface area contributed by atoms with Crippen LogP contribution in [0.15, 0.2) is 18.2 Å². The van der Waals surface area contributed by atoms with Crippen molar-refractivity contribution in [3.05, 3.63) is 34.8 Å². The zero-order valence-electron chi connectivity index (χ0n) is 7.10. The molecule has 0 saturated carbocycles. The fraction of sp³-hybridized carbons (Fsp3) is 0.250. The van der Waals surface area contributed by atoms with E-state index in [4.69, 9.17) is 0 Å². The second kappa shape index (κ2) is 3.45. The van der Waals surface area contributed by atoms with E-state index in [1.165, 1.54) is 0 Å². The first kappa shape index (κ1) is 10.8. The highest BCUT2D eigenvalue weighted by molar-refractivity contribution is 5.49. The Labute approximate surface area is 77.3 Å². The van der Waals surface area contributed by atoms with Crippen LogP contribution < -0.4 is 5.06 Å². The number of alkyl halides is 3. The first-order valence-electron chi connectivity index (χ1n) is 3.59. The van der Waals surface area contributed by atoms with E-state index in [0.717, 1.165) is 13.1 Å². The molecule has 78 valence electrons. The van der Waals surface area contributed by atoms with Crippen LogP contribution in [0.25, 0.3) is 0 Å². The predicted molar refractivity (Wildman–Crippen MR) is 43.2 cm³/mol. The summed E-state index contributed by atoms with van der Waals surface area (Å²) in [5, 5.41) is 10.8. The minimum Gasteiger partial charge on any atom is -0.758 e. The average Bonchev–Trinajstić information content (AvgIpc) is 2.01. The van der Waals surface area contributed by atoms with Gasteiger partial charge < -0.3 is 10.3 Å². The second-order valence-corrected chi connectivity index (χ2v) is 2.69. The largest absolute Gasteiger partial charge is 0.758 e. The summed E-state index contributed by atoms with van der Waals surface area (Å²) < 4.78 is 49.0. The van der Waals surface area contributed by atoms with Gasteiger partial charge >= 0.3 is 6.18 Å². The Kier molecular flexibility index (Phi) is 2.66. The molecule has 0 saturated heterocycles. The molecule has 2 nitrogen and oxygen atoms in total. The van der Waals surface area contributed by atoms with Crippen LogP contribution in [0, 0.1) is 11.0 Å². The lowest BCUT2D eigenvalue weighted by molar-refractivity contribution is -0.137. The van der Waals surface area contributed by atoms with Crippen LogP contribution >= 0.6 is 0 Å². The van der Waals surface area contributed by atoms with Crippen LogP contribution in [-0.4, -0.2) is 7.05 Å². The van der Waals surface area contributed by atoms with E-state index < -0.39 is 17.6 Å². The van der Waals surface area contributed by atoms with Crippen molar-refractivity contribution >= 4 is 5.69 Å². The van der Waals surface area contributed by atoms with Crippen LogP contribution in [0.1, 0.15) is 5.56 Å². The summed E-state index contributed by atoms with van der Waals surface area (Å²) >= 11 is 0. The van der Waals surface area contributed by atoms with E-state index in [1.807, 2.05) is 0 Å². The van der Waals surface area contributed by atoms with E-state index in [1.54, 1.807) is 0 Å². The predicted octanol–water partition coefficient (Wildman–Crippen LogP) is 2.78. The molecule has 1 rings (SSSR count). The molecule has 0 N–H and O–H groups in total. The molecule has 0 aliphatic rings. The lowest BCUT2D eigenvalue weighted by Gasteiger charge is -2.25. The van der Waals surface area contributed by atoms with Crippen molar-refractivity contribution in [2.24, 2.45) is 0 Å². The quantitative estimate of drug-likeness (QED) is 0.524. The molecular weight excluding hydrogens is 202 g/mol. The number of hydrogen-bond acceptors (Lipinski definition) is 2. The van der Waals surface area contributed by atoms with Gasteiger partial charge in [0.25, 0.3) is 0 Å². The number of hydroxylamine groups is 1. The highest BCUT2D eigenvalue weighted by atomic mass is 19.4. The SMILES string of the molecule is CN([O-])c1cc(F)cc(C(F)(F)F)c1. The molecule has 6 heteroatoms. The van der Waals surface area contributed by atoms with Crippen LogP contribution in [0.3, 0.4) is 0 Å². The Morgan fingerprint density at radius 3 is 2.21 bits per heavy atom. The minimum atomic E-state index is -4.65. The summed E-state index contributed by atoms with van der Waals surface area (Å²) in [6.45, 7) is 0. The number of anilines is 1. The molecule has 0 aliphatic carbocycles. The highest BCUT2D eigenvalue weighted by Crippen LogP contribution is 2.32. The van der Waals surface area contributed by atoms with Gasteiger partial charge in [-0.2, -0.15) is 13.2 Å². The number of halogens is 4. The zero-order valence-corrected chi connectivity index (χ0v) is 7.10. The van der Waals surface area contributed by atoms with Gasteiger partial charge in [-0.3, -0.25) is 0 Å². The van der Waals surface area contributed by atoms with Crippen molar-refractivity contribution in [1.82, 2.24) is 0 Å². The molecule has 0 unspecified atom stereocenters. The minimum absolute atomic E-state index is 0.165. The van der Waals surface area contributed by atoms with Crippen LogP contribution in [0.4, 0.5) is 23.2 Å². The van der Waals surface area contributed by atoms with Crippen molar-refractivity contribution in [2.45, 2.75) is 6.18 Å². The van der Waals surface area contributed by atoms with Gasteiger partial charge in [-0.25, -0.2) is 4.39 Å². The Bertz CT molecular complexity index is 335. The standard InChI is InChI=1S/C8H6F4NO/c1-13(14)7-3-5(8(10,11)12)2-6(9)4-7/h2-4H,1H3/q-1. The van der Waals surface area contributed by atoms with Gasteiger partial charge in [0, 0.05) is 5.69 Å². The monoisotopic (exact) mass is 208 g/mol. The van der Waals surface area contributed by atoms with Crippen molar-refractivity contribution in [1.29, 1.82) is 0 Å². The lowest BCUT2D eigenvalue weighted by atomic mass is 10.2. The third-order valence-corrected chi connectivity index (χ3v) is 1.57. The maximum absolute atomic E-state index is 12.7. The molecule has 0 fully saturated rings. The van der Waals surface area contributed by atoms with Gasteiger partial charge in [0.1, 0.15) is 5.82 Å². The lowest BCUT2D eigenvalue weighted by Crippen LogP contribution is -2.10. The second-order valence-electron chi connectivity index (χ2n) is 2.69. The number of benzene rings is 1. The third kappa shape index (κ3) is 2.35. The zero-order chi connectivity index (χ0) is 10.9. The molecule has 0 heterocycles. The van der Waals surface area contributed by atoms with E-state index in [-0.39, 0.29) is 10.8 Å². The molecule has 0 aromatic heterocycles. The first-order chi connectivity index (χ1) is 6.30. The Morgan fingerprint density at radius 1 is 1.21 bits per heavy atom. The van der Waals surface area contributed by atoms with Crippen molar-refractivity contribution in [2.75, 3.05) is 12.1 Å². The summed E-state index contributed by atoms with van der Waals surface area (Å²) in [7, 11) is 0.995. The fourth-order valence-electron chi connectivity index (χ4n) is 0.920. The molecule has 1 aromatic rings. The Balaban J connectivity index is 3.21. The average molecular weight is 208 g/mol. The molecule has 0 aliphatic heterocycles. The van der Waals surface area contributed by atoms with E-state index >= 15 is 0 Å². The summed E-state index contributed by atoms with van der Waals surface area (Å²) in [6.07, 6.45) is -4.65. The van der Waals surface area contributed by atoms with Gasteiger partial charge in [0.15, 0.2) is 0 Å². The molecule has 0 radical (unpaired) electrons. The number of hydrogen-bond donors (Lipinski definition) is 0. The molecule has 0 bridgehead atoms. The van der Waals surface area contributed by atoms with E-state index in [9.17, 15) is 22.8 Å². The molecule has 1 aromatic carbocycles. The fourth-order valence-corrected chi connectivity index (χ4v) is 0.920. The maximum atomic E-state index is 12.7. The summed E-state index contributed by atoms with van der Waals surface area (Å²) in [5.41, 5.74) is -1.53. The van der Waals surface area contributed by atoms with Crippen LogP contribution in [-0.2, 0) is 6.18 Å². The summed E-state index contributed by atoms with van der Waals surface area (Å²) in [4.78, 5) is 0. The van der Waals surface area contributed by atoms with Crippen molar-refractivity contribution < 1.29 is 17.6 Å². The molecular formula is C8H6F4NO-. The summed E-state index contributed by atoms with van der Waals surface area (Å²) in [5.74, 6) is -1.09. The van der Waals surface area contributed by atoms with E-state index in [0.29, 0.717) is 12.1 Å². The van der Waals surface area contributed by atoms with Crippen molar-refractivity contribution in [3.63, 3.8) is 0 Å². The molecule has 0 atom stereocenters. The molecule has 0 amide bonds. The van der Waals surface area contributed by atoms with Gasteiger partial charge in [-0.1, -0.05) is 0 Å². The maximum Gasteiger partial charge on any atom is 0.416 e. The summed E-state index contributed by atoms with van der Waals surface area (Å²) in [6, 6.07) is 1.67. The Morgan fingerprint density at radius 2 is 1.79 bits per heavy atom. The van der Waals surface area contributed by atoms with E-state index in [2.05, 4.69) is 0 Å². The number of nitrogens with zero attached hydrogens (tertiary/aromatic N) is 1.